The molecule has 2 aromatic rings. The highest BCUT2D eigenvalue weighted by Crippen LogP contribution is 2.16. The van der Waals surface area contributed by atoms with Crippen molar-refractivity contribution < 1.29 is 14.3 Å². The molecule has 1 N–H and O–H groups in total. The lowest BCUT2D eigenvalue weighted by Gasteiger charge is -2.20. The van der Waals surface area contributed by atoms with E-state index in [1.165, 1.54) is 12.1 Å². The van der Waals surface area contributed by atoms with Crippen molar-refractivity contribution in [2.24, 2.45) is 0 Å². The van der Waals surface area contributed by atoms with Gasteiger partial charge in [-0.3, -0.25) is 9.78 Å². The highest BCUT2D eigenvalue weighted by atomic mass is 19.1. The Morgan fingerprint density at radius 3 is 2.75 bits per heavy atom. The van der Waals surface area contributed by atoms with Crippen LogP contribution in [0.15, 0.2) is 42.7 Å². The van der Waals surface area contributed by atoms with Gasteiger partial charge in [-0.15, -0.1) is 0 Å². The fourth-order valence-corrected chi connectivity index (χ4v) is 3.00. The van der Waals surface area contributed by atoms with Crippen molar-refractivity contribution in [2.75, 3.05) is 13.1 Å². The lowest BCUT2D eigenvalue weighted by Crippen LogP contribution is -2.32. The molecule has 1 atom stereocenters. The number of carbonyl (C=O) groups excluding carboxylic acids is 1. The molecule has 0 spiro atoms. The van der Waals surface area contributed by atoms with Crippen LogP contribution < -0.4 is 0 Å². The van der Waals surface area contributed by atoms with Gasteiger partial charge in [-0.1, -0.05) is 12.1 Å². The molecule has 0 saturated carbocycles. The average Bonchev–Trinajstić information content (AvgIpc) is 2.81. The number of hydrogen-bond acceptors (Lipinski definition) is 3. The van der Waals surface area contributed by atoms with Gasteiger partial charge < -0.3 is 10.0 Å². The monoisotopic (exact) mass is 328 g/mol. The summed E-state index contributed by atoms with van der Waals surface area (Å²) in [6.07, 6.45) is 5.78. The van der Waals surface area contributed by atoms with Gasteiger partial charge in [0.2, 0.25) is 0 Å². The van der Waals surface area contributed by atoms with Crippen molar-refractivity contribution in [3.8, 4) is 0 Å². The number of halogens is 1. The van der Waals surface area contributed by atoms with Gasteiger partial charge in [0.15, 0.2) is 0 Å². The molecule has 24 heavy (non-hydrogen) atoms. The molecule has 0 unspecified atom stereocenters. The smallest absolute Gasteiger partial charge is 0.255 e. The first-order chi connectivity index (χ1) is 11.6. The second-order valence-electron chi connectivity index (χ2n) is 6.26. The van der Waals surface area contributed by atoms with Crippen molar-refractivity contribution in [3.63, 3.8) is 0 Å². The molecule has 0 aliphatic carbocycles. The van der Waals surface area contributed by atoms with Crippen LogP contribution in [0.4, 0.5) is 4.39 Å². The third-order valence-corrected chi connectivity index (χ3v) is 4.35. The van der Waals surface area contributed by atoms with Gasteiger partial charge in [0, 0.05) is 25.5 Å². The SMILES string of the molecule is O=C(c1cncc(Cc2ccc(F)cc2)c1)N1CCC[C@H](O)CC1. The fourth-order valence-electron chi connectivity index (χ4n) is 3.00. The second-order valence-corrected chi connectivity index (χ2v) is 6.26. The van der Waals surface area contributed by atoms with E-state index < -0.39 is 0 Å². The minimum absolute atomic E-state index is 0.0439. The Morgan fingerprint density at radius 1 is 1.17 bits per heavy atom. The van der Waals surface area contributed by atoms with Crippen LogP contribution in [-0.2, 0) is 6.42 Å². The molecule has 1 saturated heterocycles. The first kappa shape index (κ1) is 16.6. The standard InChI is InChI=1S/C19H21FN2O2/c20-17-5-3-14(4-6-17)10-15-11-16(13-21-12-15)19(24)22-8-1-2-18(23)7-9-22/h3-6,11-13,18,23H,1-2,7-10H2/t18-/m0/s1. The fraction of sp³-hybridized carbons (Fsp3) is 0.368. The third-order valence-electron chi connectivity index (χ3n) is 4.35. The summed E-state index contributed by atoms with van der Waals surface area (Å²) in [5.74, 6) is -0.304. The van der Waals surface area contributed by atoms with Crippen molar-refractivity contribution in [3.05, 3.63) is 65.2 Å². The van der Waals surface area contributed by atoms with Crippen LogP contribution >= 0.6 is 0 Å². The molecule has 0 radical (unpaired) electrons. The summed E-state index contributed by atoms with van der Waals surface area (Å²) in [6, 6.07) is 8.18. The number of aromatic nitrogens is 1. The molecule has 3 rings (SSSR count). The minimum atomic E-state index is -0.314. The first-order valence-corrected chi connectivity index (χ1v) is 8.27. The molecule has 2 heterocycles. The Labute approximate surface area is 141 Å². The maximum Gasteiger partial charge on any atom is 0.255 e. The average molecular weight is 328 g/mol. The maximum absolute atomic E-state index is 13.0. The Kier molecular flexibility index (Phi) is 5.20. The van der Waals surface area contributed by atoms with Gasteiger partial charge in [0.05, 0.1) is 11.7 Å². The zero-order valence-electron chi connectivity index (χ0n) is 13.5. The van der Waals surface area contributed by atoms with Crippen LogP contribution in [-0.4, -0.2) is 40.1 Å². The topological polar surface area (TPSA) is 53.4 Å². The van der Waals surface area contributed by atoms with Crippen LogP contribution in [0, 0.1) is 5.82 Å². The van der Waals surface area contributed by atoms with Crippen LogP contribution in [0.5, 0.6) is 0 Å². The van der Waals surface area contributed by atoms with E-state index in [4.69, 9.17) is 0 Å². The predicted molar refractivity (Wildman–Crippen MR) is 89.2 cm³/mol. The highest BCUT2D eigenvalue weighted by Gasteiger charge is 2.20. The van der Waals surface area contributed by atoms with E-state index in [-0.39, 0.29) is 17.8 Å². The van der Waals surface area contributed by atoms with Gasteiger partial charge in [-0.25, -0.2) is 4.39 Å². The summed E-state index contributed by atoms with van der Waals surface area (Å²) >= 11 is 0. The molecule has 0 bridgehead atoms. The van der Waals surface area contributed by atoms with Gasteiger partial charge >= 0.3 is 0 Å². The minimum Gasteiger partial charge on any atom is -0.393 e. The van der Waals surface area contributed by atoms with Gasteiger partial charge in [-0.2, -0.15) is 0 Å². The number of aliphatic hydroxyl groups is 1. The number of likely N-dealkylation sites (tertiary alicyclic amines) is 1. The zero-order valence-corrected chi connectivity index (χ0v) is 13.5. The highest BCUT2D eigenvalue weighted by molar-refractivity contribution is 5.94. The molecule has 1 aliphatic rings. The molecule has 126 valence electrons. The number of pyridine rings is 1. The number of hydrogen-bond donors (Lipinski definition) is 1. The summed E-state index contributed by atoms with van der Waals surface area (Å²) in [6.45, 7) is 1.24. The van der Waals surface area contributed by atoms with E-state index in [0.717, 1.165) is 24.0 Å². The largest absolute Gasteiger partial charge is 0.393 e. The normalized spacial score (nSPS) is 18.2. The third kappa shape index (κ3) is 4.17. The van der Waals surface area contributed by atoms with Crippen LogP contribution in [0.25, 0.3) is 0 Å². The summed E-state index contributed by atoms with van der Waals surface area (Å²) < 4.78 is 13.0. The number of aliphatic hydroxyl groups excluding tert-OH is 1. The number of benzene rings is 1. The van der Waals surface area contributed by atoms with Crippen molar-refractivity contribution >= 4 is 5.91 Å². The lowest BCUT2D eigenvalue weighted by atomic mass is 10.0. The molecular weight excluding hydrogens is 307 g/mol. The summed E-state index contributed by atoms with van der Waals surface area (Å²) in [5.41, 5.74) is 2.45. The Morgan fingerprint density at radius 2 is 1.96 bits per heavy atom. The predicted octanol–water partition coefficient (Wildman–Crippen LogP) is 2.80. The van der Waals surface area contributed by atoms with Gasteiger partial charge in [0.1, 0.15) is 5.82 Å². The molecular formula is C19H21FN2O2. The summed E-state index contributed by atoms with van der Waals surface area (Å²) in [5, 5.41) is 9.71. The maximum atomic E-state index is 13.0. The van der Waals surface area contributed by atoms with Crippen LogP contribution in [0.2, 0.25) is 0 Å². The molecule has 5 heteroatoms. The van der Waals surface area contributed by atoms with Crippen molar-refractivity contribution in [2.45, 2.75) is 31.8 Å². The first-order valence-electron chi connectivity index (χ1n) is 8.27. The van der Waals surface area contributed by atoms with E-state index in [9.17, 15) is 14.3 Å². The van der Waals surface area contributed by atoms with Crippen molar-refractivity contribution in [1.29, 1.82) is 0 Å². The number of nitrogens with zero attached hydrogens (tertiary/aromatic N) is 2. The van der Waals surface area contributed by atoms with Crippen LogP contribution in [0.3, 0.4) is 0 Å². The van der Waals surface area contributed by atoms with E-state index in [1.54, 1.807) is 29.4 Å². The quantitative estimate of drug-likeness (QED) is 0.943. The number of amides is 1. The van der Waals surface area contributed by atoms with Crippen LogP contribution in [0.1, 0.15) is 40.7 Å². The number of carbonyl (C=O) groups is 1. The molecule has 1 amide bonds. The molecule has 4 nitrogen and oxygen atoms in total. The van der Waals surface area contributed by atoms with E-state index in [2.05, 4.69) is 4.98 Å². The van der Waals surface area contributed by atoms with Crippen molar-refractivity contribution in [1.82, 2.24) is 9.88 Å². The zero-order chi connectivity index (χ0) is 16.9. The molecule has 1 aliphatic heterocycles. The Hall–Kier alpha value is -2.27. The lowest BCUT2D eigenvalue weighted by molar-refractivity contribution is 0.0752. The summed E-state index contributed by atoms with van der Waals surface area (Å²) in [7, 11) is 0. The Bertz CT molecular complexity index is 703. The molecule has 1 fully saturated rings. The van der Waals surface area contributed by atoms with Gasteiger partial charge in [0.25, 0.3) is 5.91 Å². The Balaban J connectivity index is 1.72. The van der Waals surface area contributed by atoms with E-state index in [1.807, 2.05) is 6.07 Å². The van der Waals surface area contributed by atoms with E-state index >= 15 is 0 Å². The second kappa shape index (κ2) is 7.53. The summed E-state index contributed by atoms with van der Waals surface area (Å²) in [4.78, 5) is 18.6. The van der Waals surface area contributed by atoms with Gasteiger partial charge in [-0.05, 0) is 55.0 Å². The molecule has 1 aromatic carbocycles. The number of rotatable bonds is 3. The molecule has 1 aromatic heterocycles. The van der Waals surface area contributed by atoms with E-state index in [0.29, 0.717) is 31.5 Å².